The number of amides is 2. The number of carbonyl (C=O) groups excluding carboxylic acids is 2. The molecule has 0 spiro atoms. The lowest BCUT2D eigenvalue weighted by atomic mass is 9.94. The van der Waals surface area contributed by atoms with Gasteiger partial charge in [-0.2, -0.15) is 0 Å². The van der Waals surface area contributed by atoms with Crippen LogP contribution in [0.15, 0.2) is 42.6 Å². The minimum atomic E-state index is -0.855. The summed E-state index contributed by atoms with van der Waals surface area (Å²) in [5.41, 5.74) is 0.895. The first-order valence-corrected chi connectivity index (χ1v) is 10.7. The van der Waals surface area contributed by atoms with E-state index in [2.05, 4.69) is 9.88 Å². The van der Waals surface area contributed by atoms with Crippen molar-refractivity contribution in [3.63, 3.8) is 0 Å². The van der Waals surface area contributed by atoms with Crippen molar-refractivity contribution in [2.75, 3.05) is 39.3 Å². The molecule has 2 amide bonds. The number of aromatic nitrogens is 1. The van der Waals surface area contributed by atoms with E-state index in [-0.39, 0.29) is 17.4 Å². The highest BCUT2D eigenvalue weighted by Gasteiger charge is 2.32. The third-order valence-electron chi connectivity index (χ3n) is 6.09. The molecule has 0 N–H and O–H groups in total. The van der Waals surface area contributed by atoms with Crippen molar-refractivity contribution in [2.24, 2.45) is 5.92 Å². The summed E-state index contributed by atoms with van der Waals surface area (Å²) in [6.45, 7) is 4.56. The zero-order valence-electron chi connectivity index (χ0n) is 17.3. The number of pyridine rings is 1. The summed E-state index contributed by atoms with van der Waals surface area (Å²) in [5.74, 6) is -2.00. The van der Waals surface area contributed by atoms with Crippen molar-refractivity contribution in [3.8, 4) is 0 Å². The highest BCUT2D eigenvalue weighted by Crippen LogP contribution is 2.23. The second-order valence-electron chi connectivity index (χ2n) is 8.11. The Morgan fingerprint density at radius 3 is 2.32 bits per heavy atom. The van der Waals surface area contributed by atoms with Gasteiger partial charge in [0.15, 0.2) is 0 Å². The van der Waals surface area contributed by atoms with Crippen LogP contribution in [0.1, 0.15) is 28.9 Å². The molecule has 1 aromatic heterocycles. The lowest BCUT2D eigenvalue weighted by Crippen LogP contribution is -2.51. The molecule has 2 aromatic rings. The topological polar surface area (TPSA) is 56.8 Å². The van der Waals surface area contributed by atoms with Crippen LogP contribution in [0.3, 0.4) is 0 Å². The van der Waals surface area contributed by atoms with Gasteiger partial charge in [-0.1, -0.05) is 6.07 Å². The van der Waals surface area contributed by atoms with Gasteiger partial charge in [0.1, 0.15) is 11.6 Å². The van der Waals surface area contributed by atoms with E-state index < -0.39 is 17.5 Å². The first kappa shape index (κ1) is 21.4. The van der Waals surface area contributed by atoms with E-state index in [0.29, 0.717) is 39.0 Å². The maximum atomic E-state index is 13.9. The minimum absolute atomic E-state index is 0.121. The van der Waals surface area contributed by atoms with Crippen molar-refractivity contribution in [3.05, 3.63) is 65.5 Å². The van der Waals surface area contributed by atoms with E-state index in [1.807, 2.05) is 23.1 Å². The monoisotopic (exact) mass is 428 g/mol. The molecular weight excluding hydrogens is 402 g/mol. The van der Waals surface area contributed by atoms with Crippen molar-refractivity contribution in [1.82, 2.24) is 19.7 Å². The third kappa shape index (κ3) is 5.07. The average molecular weight is 428 g/mol. The number of carbonyl (C=O) groups is 2. The van der Waals surface area contributed by atoms with Gasteiger partial charge in [0.25, 0.3) is 5.91 Å². The molecule has 0 aliphatic carbocycles. The lowest BCUT2D eigenvalue weighted by molar-refractivity contribution is -0.138. The number of piperidine rings is 1. The Hall–Kier alpha value is -2.87. The molecule has 0 saturated carbocycles. The van der Waals surface area contributed by atoms with Crippen LogP contribution >= 0.6 is 0 Å². The Morgan fingerprint density at radius 1 is 0.935 bits per heavy atom. The fraction of sp³-hybridized carbons (Fsp3) is 0.435. The number of nitrogens with zero attached hydrogens (tertiary/aromatic N) is 4. The maximum Gasteiger partial charge on any atom is 0.256 e. The fourth-order valence-electron chi connectivity index (χ4n) is 4.27. The van der Waals surface area contributed by atoms with Gasteiger partial charge in [0.2, 0.25) is 5.91 Å². The molecule has 31 heavy (non-hydrogen) atoms. The Labute approximate surface area is 180 Å². The smallest absolute Gasteiger partial charge is 0.256 e. The maximum absolute atomic E-state index is 13.9. The predicted octanol–water partition coefficient (Wildman–Crippen LogP) is 2.56. The van der Waals surface area contributed by atoms with Crippen LogP contribution < -0.4 is 0 Å². The number of piperazine rings is 1. The van der Waals surface area contributed by atoms with Crippen LogP contribution in [0.4, 0.5) is 8.78 Å². The summed E-state index contributed by atoms with van der Waals surface area (Å²) in [5, 5.41) is 0. The quantitative estimate of drug-likeness (QED) is 0.751. The standard InChI is InChI=1S/C23H26F2N4O2/c24-18-4-5-20(21(25)15-18)23(31)28-9-6-17(7-10-28)22(30)29-13-11-27(12-14-29)16-19-3-1-2-8-26-19/h1-5,8,15,17H,6-7,9-14,16H2. The molecule has 164 valence electrons. The van der Waals surface area contributed by atoms with Crippen LogP contribution in [-0.2, 0) is 11.3 Å². The van der Waals surface area contributed by atoms with Crippen molar-refractivity contribution < 1.29 is 18.4 Å². The lowest BCUT2D eigenvalue weighted by Gasteiger charge is -2.38. The van der Waals surface area contributed by atoms with Gasteiger partial charge in [-0.05, 0) is 37.1 Å². The molecule has 6 nitrogen and oxygen atoms in total. The first-order chi connectivity index (χ1) is 15.0. The van der Waals surface area contributed by atoms with E-state index in [9.17, 15) is 18.4 Å². The molecule has 3 heterocycles. The minimum Gasteiger partial charge on any atom is -0.340 e. The summed E-state index contributed by atoms with van der Waals surface area (Å²) in [6, 6.07) is 8.86. The van der Waals surface area contributed by atoms with Gasteiger partial charge in [-0.25, -0.2) is 8.78 Å². The van der Waals surface area contributed by atoms with Gasteiger partial charge in [-0.3, -0.25) is 19.5 Å². The molecule has 0 radical (unpaired) electrons. The Bertz CT molecular complexity index is 924. The van der Waals surface area contributed by atoms with Gasteiger partial charge >= 0.3 is 0 Å². The van der Waals surface area contributed by atoms with Crippen molar-refractivity contribution in [2.45, 2.75) is 19.4 Å². The molecule has 8 heteroatoms. The Morgan fingerprint density at radius 2 is 1.68 bits per heavy atom. The van der Waals surface area contributed by atoms with E-state index in [1.54, 1.807) is 11.1 Å². The third-order valence-corrected chi connectivity index (χ3v) is 6.09. The van der Waals surface area contributed by atoms with Crippen molar-refractivity contribution >= 4 is 11.8 Å². The second kappa shape index (κ2) is 9.51. The first-order valence-electron chi connectivity index (χ1n) is 10.7. The van der Waals surface area contributed by atoms with Gasteiger partial charge in [-0.15, -0.1) is 0 Å². The van der Waals surface area contributed by atoms with Crippen LogP contribution in [0.5, 0.6) is 0 Å². The SMILES string of the molecule is O=C(c1ccc(F)cc1F)N1CCC(C(=O)N2CCN(Cc3ccccn3)CC2)CC1. The summed E-state index contributed by atoms with van der Waals surface area (Å²) in [6.07, 6.45) is 2.90. The molecule has 2 aliphatic heterocycles. The number of benzene rings is 1. The molecule has 2 fully saturated rings. The molecule has 4 rings (SSSR count). The van der Waals surface area contributed by atoms with Gasteiger partial charge < -0.3 is 9.80 Å². The Balaban J connectivity index is 1.25. The molecule has 1 aromatic carbocycles. The fourth-order valence-corrected chi connectivity index (χ4v) is 4.27. The molecule has 2 saturated heterocycles. The number of likely N-dealkylation sites (tertiary alicyclic amines) is 1. The summed E-state index contributed by atoms with van der Waals surface area (Å²) >= 11 is 0. The highest BCUT2D eigenvalue weighted by atomic mass is 19.1. The van der Waals surface area contributed by atoms with E-state index >= 15 is 0 Å². The zero-order valence-corrected chi connectivity index (χ0v) is 17.3. The predicted molar refractivity (Wildman–Crippen MR) is 111 cm³/mol. The molecular formula is C23H26F2N4O2. The van der Waals surface area contributed by atoms with E-state index in [0.717, 1.165) is 37.5 Å². The van der Waals surface area contributed by atoms with Crippen LogP contribution in [0.2, 0.25) is 0 Å². The van der Waals surface area contributed by atoms with Crippen LogP contribution in [-0.4, -0.2) is 70.8 Å². The van der Waals surface area contributed by atoms with Crippen LogP contribution in [0, 0.1) is 17.6 Å². The van der Waals surface area contributed by atoms with Crippen LogP contribution in [0.25, 0.3) is 0 Å². The van der Waals surface area contributed by atoms with E-state index in [1.165, 1.54) is 6.07 Å². The molecule has 2 aliphatic rings. The normalized spacial score (nSPS) is 18.3. The number of hydrogen-bond donors (Lipinski definition) is 0. The number of halogens is 2. The summed E-state index contributed by atoms with van der Waals surface area (Å²) in [7, 11) is 0. The Kier molecular flexibility index (Phi) is 6.56. The highest BCUT2D eigenvalue weighted by molar-refractivity contribution is 5.94. The van der Waals surface area contributed by atoms with Crippen molar-refractivity contribution in [1.29, 1.82) is 0 Å². The molecule has 0 atom stereocenters. The summed E-state index contributed by atoms with van der Waals surface area (Å²) < 4.78 is 27.0. The van der Waals surface area contributed by atoms with Gasteiger partial charge in [0.05, 0.1) is 11.3 Å². The largest absolute Gasteiger partial charge is 0.340 e. The summed E-state index contributed by atoms with van der Waals surface area (Å²) in [4.78, 5) is 35.6. The van der Waals surface area contributed by atoms with E-state index in [4.69, 9.17) is 0 Å². The van der Waals surface area contributed by atoms with Gasteiger partial charge in [0, 0.05) is 64.0 Å². The molecule has 0 bridgehead atoms. The molecule has 0 unspecified atom stereocenters. The number of hydrogen-bond acceptors (Lipinski definition) is 4. The second-order valence-corrected chi connectivity index (χ2v) is 8.11. The average Bonchev–Trinajstić information content (AvgIpc) is 2.79. The number of rotatable bonds is 4. The zero-order chi connectivity index (χ0) is 21.8.